The van der Waals surface area contributed by atoms with Crippen LogP contribution in [0.4, 0.5) is 0 Å². The Morgan fingerprint density at radius 3 is 2.71 bits per heavy atom. The topological polar surface area (TPSA) is 49.7 Å². The fourth-order valence-corrected chi connectivity index (χ4v) is 2.40. The molecule has 0 amide bonds. The average molecular weight is 241 g/mol. The molecule has 0 aromatic heterocycles. The van der Waals surface area contributed by atoms with Gasteiger partial charge in [-0.25, -0.2) is 0 Å². The monoisotopic (exact) mass is 240 g/mol. The number of hydrogen-bond acceptors (Lipinski definition) is 4. The molecule has 1 heterocycles. The van der Waals surface area contributed by atoms with Crippen molar-refractivity contribution in [2.24, 2.45) is 0 Å². The van der Waals surface area contributed by atoms with Gasteiger partial charge in [0.1, 0.15) is 11.5 Å². The van der Waals surface area contributed by atoms with Crippen molar-refractivity contribution in [2.45, 2.75) is 48.9 Å². The van der Waals surface area contributed by atoms with E-state index in [1.165, 1.54) is 0 Å². The first-order valence-corrected chi connectivity index (χ1v) is 6.45. The lowest BCUT2D eigenvalue weighted by atomic mass is 9.99. The van der Waals surface area contributed by atoms with Gasteiger partial charge in [-0.15, -0.1) is 23.4 Å². The molecular formula is C9H17ClO3S. The molecule has 1 rings (SSSR count). The van der Waals surface area contributed by atoms with Gasteiger partial charge in [0.15, 0.2) is 0 Å². The van der Waals surface area contributed by atoms with Crippen molar-refractivity contribution in [3.05, 3.63) is 0 Å². The standard InChI is InChI=1S/C9H17ClO3S/c1-5(10)3-7-9(12)6(11)4-8(13-7)14-2/h5-9,11-12H,3-4H2,1-2H3/t5-,6+,7+,8+,9+/m0/s1. The summed E-state index contributed by atoms with van der Waals surface area (Å²) in [7, 11) is 0. The van der Waals surface area contributed by atoms with Crippen molar-refractivity contribution in [3.8, 4) is 0 Å². The second kappa shape index (κ2) is 5.56. The van der Waals surface area contributed by atoms with Crippen LogP contribution < -0.4 is 0 Å². The van der Waals surface area contributed by atoms with E-state index in [0.29, 0.717) is 12.8 Å². The predicted octanol–water partition coefficient (Wildman–Crippen LogP) is 1.20. The van der Waals surface area contributed by atoms with Gasteiger partial charge in [0, 0.05) is 11.8 Å². The van der Waals surface area contributed by atoms with Gasteiger partial charge < -0.3 is 14.9 Å². The summed E-state index contributed by atoms with van der Waals surface area (Å²) in [6.07, 6.45) is 1.13. The molecule has 5 heteroatoms. The number of rotatable bonds is 3. The predicted molar refractivity (Wildman–Crippen MR) is 58.7 cm³/mol. The second-order valence-corrected chi connectivity index (χ2v) is 5.39. The van der Waals surface area contributed by atoms with E-state index in [1.807, 2.05) is 13.2 Å². The summed E-state index contributed by atoms with van der Waals surface area (Å²) in [6.45, 7) is 1.85. The largest absolute Gasteiger partial charge is 0.390 e. The van der Waals surface area contributed by atoms with Crippen molar-refractivity contribution in [3.63, 3.8) is 0 Å². The first-order valence-electron chi connectivity index (χ1n) is 4.73. The van der Waals surface area contributed by atoms with Gasteiger partial charge in [-0.3, -0.25) is 0 Å². The molecular weight excluding hydrogens is 224 g/mol. The van der Waals surface area contributed by atoms with Gasteiger partial charge in [0.25, 0.3) is 0 Å². The Morgan fingerprint density at radius 2 is 2.21 bits per heavy atom. The molecule has 0 unspecified atom stereocenters. The summed E-state index contributed by atoms with van der Waals surface area (Å²) >= 11 is 7.38. The number of aliphatic hydroxyl groups is 2. The maximum atomic E-state index is 9.66. The summed E-state index contributed by atoms with van der Waals surface area (Å²) in [6, 6.07) is 0. The summed E-state index contributed by atoms with van der Waals surface area (Å²) in [5.41, 5.74) is -0.0335. The number of halogens is 1. The Morgan fingerprint density at radius 1 is 1.57 bits per heavy atom. The van der Waals surface area contributed by atoms with Crippen LogP contribution in [0.2, 0.25) is 0 Å². The molecule has 1 fully saturated rings. The molecule has 5 atom stereocenters. The van der Waals surface area contributed by atoms with Crippen LogP contribution in [-0.4, -0.2) is 45.6 Å². The second-order valence-electron chi connectivity index (χ2n) is 3.65. The lowest BCUT2D eigenvalue weighted by Crippen LogP contribution is -2.48. The molecule has 1 aliphatic rings. The lowest BCUT2D eigenvalue weighted by molar-refractivity contribution is -0.146. The quantitative estimate of drug-likeness (QED) is 0.728. The van der Waals surface area contributed by atoms with E-state index in [-0.39, 0.29) is 16.9 Å². The van der Waals surface area contributed by atoms with E-state index in [4.69, 9.17) is 16.3 Å². The molecule has 0 bridgehead atoms. The first kappa shape index (κ1) is 12.6. The molecule has 2 N–H and O–H groups in total. The van der Waals surface area contributed by atoms with Gasteiger partial charge in [-0.05, 0) is 19.6 Å². The summed E-state index contributed by atoms with van der Waals surface area (Å²) in [4.78, 5) is 0. The maximum absolute atomic E-state index is 9.66. The van der Waals surface area contributed by atoms with Crippen molar-refractivity contribution < 1.29 is 14.9 Å². The number of hydrogen-bond donors (Lipinski definition) is 2. The summed E-state index contributed by atoms with van der Waals surface area (Å²) in [5.74, 6) is 0. The molecule has 0 saturated carbocycles. The molecule has 0 aromatic rings. The van der Waals surface area contributed by atoms with Crippen LogP contribution in [0, 0.1) is 0 Å². The number of ether oxygens (including phenoxy) is 1. The van der Waals surface area contributed by atoms with E-state index in [2.05, 4.69) is 0 Å². The Bertz CT molecular complexity index is 179. The highest BCUT2D eigenvalue weighted by atomic mass is 35.5. The fourth-order valence-electron chi connectivity index (χ4n) is 1.58. The highest BCUT2D eigenvalue weighted by Gasteiger charge is 2.36. The minimum atomic E-state index is -0.806. The van der Waals surface area contributed by atoms with Crippen molar-refractivity contribution in [1.82, 2.24) is 0 Å². The van der Waals surface area contributed by atoms with E-state index in [0.717, 1.165) is 0 Å². The average Bonchev–Trinajstić information content (AvgIpc) is 2.11. The fraction of sp³-hybridized carbons (Fsp3) is 1.00. The van der Waals surface area contributed by atoms with Crippen LogP contribution in [0.5, 0.6) is 0 Å². The van der Waals surface area contributed by atoms with Crippen molar-refractivity contribution in [2.75, 3.05) is 6.26 Å². The van der Waals surface area contributed by atoms with Crippen LogP contribution in [-0.2, 0) is 4.74 Å². The van der Waals surface area contributed by atoms with Crippen molar-refractivity contribution >= 4 is 23.4 Å². The van der Waals surface area contributed by atoms with Gasteiger partial charge in [-0.2, -0.15) is 0 Å². The number of thioether (sulfide) groups is 1. The third kappa shape index (κ3) is 3.28. The van der Waals surface area contributed by atoms with E-state index in [1.54, 1.807) is 11.8 Å². The van der Waals surface area contributed by atoms with Crippen molar-refractivity contribution in [1.29, 1.82) is 0 Å². The molecule has 0 aliphatic carbocycles. The van der Waals surface area contributed by atoms with Crippen LogP contribution in [0.25, 0.3) is 0 Å². The molecule has 1 aliphatic heterocycles. The highest BCUT2D eigenvalue weighted by molar-refractivity contribution is 7.99. The summed E-state index contributed by atoms with van der Waals surface area (Å²) in [5, 5.41) is 19.2. The van der Waals surface area contributed by atoms with Crippen LogP contribution in [0.3, 0.4) is 0 Å². The third-order valence-corrected chi connectivity index (χ3v) is 3.36. The molecule has 0 aromatic carbocycles. The maximum Gasteiger partial charge on any atom is 0.106 e. The lowest BCUT2D eigenvalue weighted by Gasteiger charge is -2.37. The Balaban J connectivity index is 2.53. The number of aliphatic hydroxyl groups excluding tert-OH is 2. The molecule has 1 saturated heterocycles. The minimum absolute atomic E-state index is 0.0335. The van der Waals surface area contributed by atoms with Gasteiger partial charge in [0.2, 0.25) is 0 Å². The molecule has 84 valence electrons. The van der Waals surface area contributed by atoms with Gasteiger partial charge in [0.05, 0.1) is 12.2 Å². The number of alkyl halides is 1. The normalized spacial score (nSPS) is 40.9. The van der Waals surface area contributed by atoms with Crippen LogP contribution >= 0.6 is 23.4 Å². The zero-order valence-electron chi connectivity index (χ0n) is 8.39. The zero-order chi connectivity index (χ0) is 10.7. The summed E-state index contributed by atoms with van der Waals surface area (Å²) < 4.78 is 5.60. The minimum Gasteiger partial charge on any atom is -0.390 e. The Labute approximate surface area is 93.8 Å². The van der Waals surface area contributed by atoms with Crippen LogP contribution in [0.15, 0.2) is 0 Å². The first-order chi connectivity index (χ1) is 6.54. The zero-order valence-corrected chi connectivity index (χ0v) is 9.96. The molecule has 0 spiro atoms. The third-order valence-electron chi connectivity index (χ3n) is 2.36. The highest BCUT2D eigenvalue weighted by Crippen LogP contribution is 2.29. The van der Waals surface area contributed by atoms with Gasteiger partial charge >= 0.3 is 0 Å². The molecule has 3 nitrogen and oxygen atoms in total. The smallest absolute Gasteiger partial charge is 0.106 e. The van der Waals surface area contributed by atoms with E-state index >= 15 is 0 Å². The molecule has 14 heavy (non-hydrogen) atoms. The van der Waals surface area contributed by atoms with Crippen LogP contribution in [0.1, 0.15) is 19.8 Å². The SMILES string of the molecule is CS[C@@H]1C[C@@H](O)[C@@H](O)[C@@H](C[C@H](C)Cl)O1. The van der Waals surface area contributed by atoms with E-state index < -0.39 is 12.2 Å². The molecule has 0 radical (unpaired) electrons. The Hall–Kier alpha value is 0.520. The Kier molecular flexibility index (Phi) is 5.00. The van der Waals surface area contributed by atoms with Gasteiger partial charge in [-0.1, -0.05) is 0 Å². The van der Waals surface area contributed by atoms with E-state index in [9.17, 15) is 10.2 Å².